The number of esters is 2. The number of aliphatic hydroxyl groups excluding tert-OH is 2. The zero-order chi connectivity index (χ0) is 40.1. The molecule has 10 heteroatoms. The molecule has 0 saturated heterocycles. The fourth-order valence-electron chi connectivity index (χ4n) is 6.97. The van der Waals surface area contributed by atoms with Crippen LogP contribution in [0, 0.1) is 0 Å². The van der Waals surface area contributed by atoms with Gasteiger partial charge in [0.05, 0.1) is 6.61 Å². The van der Waals surface area contributed by atoms with Gasteiger partial charge in [-0.2, -0.15) is 0 Å². The second-order valence-electron chi connectivity index (χ2n) is 15.8. The first-order valence-electron chi connectivity index (χ1n) is 22.7. The van der Waals surface area contributed by atoms with Gasteiger partial charge in [-0.05, 0) is 57.8 Å². The predicted molar refractivity (Wildman–Crippen MR) is 219 cm³/mol. The van der Waals surface area contributed by atoms with Crippen LogP contribution >= 0.6 is 0 Å². The van der Waals surface area contributed by atoms with E-state index in [-0.39, 0.29) is 31.5 Å². The van der Waals surface area contributed by atoms with E-state index in [9.17, 15) is 35.1 Å². The summed E-state index contributed by atoms with van der Waals surface area (Å²) in [6.07, 6.45) is 28.6. The van der Waals surface area contributed by atoms with Gasteiger partial charge in [0.25, 0.3) is 5.79 Å². The van der Waals surface area contributed by atoms with E-state index in [2.05, 4.69) is 20.8 Å². The minimum atomic E-state index is -2.58. The van der Waals surface area contributed by atoms with E-state index in [1.807, 2.05) is 0 Å². The molecule has 0 aliphatic rings. The maximum absolute atomic E-state index is 12.7. The van der Waals surface area contributed by atoms with Gasteiger partial charge in [0.1, 0.15) is 6.10 Å². The largest absolute Gasteiger partial charge is 0.462 e. The van der Waals surface area contributed by atoms with Crippen molar-refractivity contribution in [1.82, 2.24) is 4.90 Å². The van der Waals surface area contributed by atoms with Crippen molar-refractivity contribution in [2.45, 2.75) is 251 Å². The molecule has 54 heavy (non-hydrogen) atoms. The van der Waals surface area contributed by atoms with Crippen LogP contribution in [0.3, 0.4) is 0 Å². The van der Waals surface area contributed by atoms with Gasteiger partial charge in [0, 0.05) is 25.9 Å². The number of carbonyl (C=O) groups excluding carboxylic acids is 2. The van der Waals surface area contributed by atoms with Gasteiger partial charge in [-0.3, -0.25) is 9.69 Å². The number of nitrogens with zero attached hydrogens (tertiary/aromatic N) is 1. The number of unbranched alkanes of at least 4 members (excludes halogenated alkanes) is 23. The molecule has 5 N–H and O–H groups in total. The molecule has 0 aromatic heterocycles. The average molecular weight is 774 g/mol. The van der Waals surface area contributed by atoms with Crippen LogP contribution in [0.15, 0.2) is 0 Å². The Bertz CT molecular complexity index is 825. The van der Waals surface area contributed by atoms with Crippen molar-refractivity contribution in [3.05, 3.63) is 0 Å². The molecule has 0 aromatic carbocycles. The molecule has 1 atom stereocenters. The van der Waals surface area contributed by atoms with Gasteiger partial charge >= 0.3 is 11.9 Å². The summed E-state index contributed by atoms with van der Waals surface area (Å²) in [7, 11) is 0. The fraction of sp³-hybridized carbons (Fsp3) is 0.955. The first kappa shape index (κ1) is 52.7. The van der Waals surface area contributed by atoms with Crippen LogP contribution in [0.5, 0.6) is 0 Å². The molecule has 0 aliphatic carbocycles. The molecule has 0 aromatic rings. The Hall–Kier alpha value is -1.30. The van der Waals surface area contributed by atoms with E-state index in [0.717, 1.165) is 77.0 Å². The first-order valence-corrected chi connectivity index (χ1v) is 22.7. The Morgan fingerprint density at radius 3 is 1.43 bits per heavy atom. The van der Waals surface area contributed by atoms with Crippen LogP contribution in [0.25, 0.3) is 0 Å². The van der Waals surface area contributed by atoms with Gasteiger partial charge in [-0.25, -0.2) is 4.79 Å². The quantitative estimate of drug-likeness (QED) is 0.0230. The summed E-state index contributed by atoms with van der Waals surface area (Å²) in [6.45, 7) is 7.56. The summed E-state index contributed by atoms with van der Waals surface area (Å²) in [5, 5.41) is 50.0. The topological polar surface area (TPSA) is 157 Å². The lowest BCUT2D eigenvalue weighted by atomic mass is 10.0. The van der Waals surface area contributed by atoms with Crippen LogP contribution in [0.2, 0.25) is 0 Å². The zero-order valence-electron chi connectivity index (χ0n) is 35.3. The number of aliphatic hydroxyl groups is 5. The Labute approximate surface area is 331 Å². The molecule has 0 fully saturated rings. The normalized spacial score (nSPS) is 12.6. The highest BCUT2D eigenvalue weighted by Crippen LogP contribution is 2.19. The molecule has 0 bridgehead atoms. The number of ether oxygens (including phenoxy) is 2. The third-order valence-corrected chi connectivity index (χ3v) is 10.6. The molecule has 0 saturated carbocycles. The Morgan fingerprint density at radius 2 is 0.944 bits per heavy atom. The number of hydrogen-bond donors (Lipinski definition) is 5. The summed E-state index contributed by atoms with van der Waals surface area (Å²) in [5.74, 6) is -3.71. The minimum Gasteiger partial charge on any atom is -0.462 e. The molecule has 0 radical (unpaired) electrons. The van der Waals surface area contributed by atoms with E-state index in [4.69, 9.17) is 9.47 Å². The second kappa shape index (κ2) is 37.3. The second-order valence-corrected chi connectivity index (χ2v) is 15.8. The van der Waals surface area contributed by atoms with Crippen molar-refractivity contribution in [2.75, 3.05) is 19.7 Å². The molecular formula is C44H87NO9. The smallest absolute Gasteiger partial charge is 0.366 e. The molecule has 0 spiro atoms. The van der Waals surface area contributed by atoms with Crippen LogP contribution in [0.1, 0.15) is 226 Å². The van der Waals surface area contributed by atoms with Gasteiger partial charge in [-0.1, -0.05) is 156 Å². The Balaban J connectivity index is 4.35. The van der Waals surface area contributed by atoms with Gasteiger partial charge in [0.2, 0.25) is 0 Å². The summed E-state index contributed by atoms with van der Waals surface area (Å²) in [4.78, 5) is 26.5. The van der Waals surface area contributed by atoms with Crippen molar-refractivity contribution < 1.29 is 44.6 Å². The van der Waals surface area contributed by atoms with Crippen LogP contribution in [-0.2, 0) is 19.1 Å². The van der Waals surface area contributed by atoms with E-state index in [1.165, 1.54) is 96.3 Å². The van der Waals surface area contributed by atoms with E-state index in [1.54, 1.807) is 4.90 Å². The van der Waals surface area contributed by atoms with Crippen LogP contribution < -0.4 is 0 Å². The highest BCUT2D eigenvalue weighted by Gasteiger charge is 2.34. The summed E-state index contributed by atoms with van der Waals surface area (Å²) < 4.78 is 11.1. The molecule has 0 aliphatic heterocycles. The summed E-state index contributed by atoms with van der Waals surface area (Å²) in [6, 6.07) is 0. The lowest BCUT2D eigenvalue weighted by molar-refractivity contribution is -0.212. The van der Waals surface area contributed by atoms with Crippen molar-refractivity contribution in [3.8, 4) is 0 Å². The third-order valence-electron chi connectivity index (χ3n) is 10.6. The molecule has 1 unspecified atom stereocenters. The van der Waals surface area contributed by atoms with Crippen LogP contribution in [0.4, 0.5) is 0 Å². The SMILES string of the molecule is CCCCCCCCCCCOC(=O)C(O)(O)CCCCN(CCCCCCCC(=O)OC(CCCCCCCC)CCCCCCCC)C(O)C(O)O. The number of rotatable bonds is 41. The maximum Gasteiger partial charge on any atom is 0.366 e. The predicted octanol–water partition coefficient (Wildman–Crippen LogP) is 9.60. The van der Waals surface area contributed by atoms with Crippen LogP contribution in [-0.4, -0.2) is 86.5 Å². The Morgan fingerprint density at radius 1 is 0.537 bits per heavy atom. The van der Waals surface area contributed by atoms with Gasteiger partial charge in [0.15, 0.2) is 12.5 Å². The molecule has 0 heterocycles. The number of carbonyl (C=O) groups is 2. The highest BCUT2D eigenvalue weighted by atomic mass is 16.6. The molecule has 322 valence electrons. The monoisotopic (exact) mass is 774 g/mol. The standard InChI is InChI=1S/C44H87NO9/c1-4-7-10-13-16-17-18-24-31-38-53-43(50)44(51,52)35-28-30-37-45(41(47)42(48)49)36-29-23-19-22-27-34-40(46)54-39(32-25-20-14-11-8-5-2)33-26-21-15-12-9-6-3/h39,41-42,47-49,51-52H,4-38H2,1-3H3. The first-order chi connectivity index (χ1) is 26.1. The average Bonchev–Trinajstić information content (AvgIpc) is 3.14. The molecular weight excluding hydrogens is 686 g/mol. The minimum absolute atomic E-state index is 0.0310. The third kappa shape index (κ3) is 31.9. The van der Waals surface area contributed by atoms with Crippen molar-refractivity contribution in [2.24, 2.45) is 0 Å². The van der Waals surface area contributed by atoms with E-state index >= 15 is 0 Å². The van der Waals surface area contributed by atoms with Crippen molar-refractivity contribution in [1.29, 1.82) is 0 Å². The van der Waals surface area contributed by atoms with Gasteiger partial charge < -0.3 is 35.0 Å². The number of hydrogen-bond acceptors (Lipinski definition) is 10. The summed E-state index contributed by atoms with van der Waals surface area (Å²) >= 11 is 0. The van der Waals surface area contributed by atoms with E-state index < -0.39 is 24.3 Å². The zero-order valence-corrected chi connectivity index (χ0v) is 35.3. The fourth-order valence-corrected chi connectivity index (χ4v) is 6.97. The molecule has 0 rings (SSSR count). The maximum atomic E-state index is 12.7. The van der Waals surface area contributed by atoms with Crippen molar-refractivity contribution in [3.63, 3.8) is 0 Å². The van der Waals surface area contributed by atoms with E-state index in [0.29, 0.717) is 32.4 Å². The lowest BCUT2D eigenvalue weighted by Crippen LogP contribution is -2.45. The molecule has 10 nitrogen and oxygen atoms in total. The summed E-state index contributed by atoms with van der Waals surface area (Å²) in [5.41, 5.74) is 0. The lowest BCUT2D eigenvalue weighted by Gasteiger charge is -2.29. The molecule has 0 amide bonds. The highest BCUT2D eigenvalue weighted by molar-refractivity contribution is 5.77. The van der Waals surface area contributed by atoms with Gasteiger partial charge in [-0.15, -0.1) is 0 Å². The Kier molecular flexibility index (Phi) is 36.4. The van der Waals surface area contributed by atoms with Crippen molar-refractivity contribution >= 4 is 11.9 Å².